The average molecular weight is 403 g/mol. The van der Waals surface area contributed by atoms with Crippen LogP contribution in [-0.2, 0) is 0 Å². The summed E-state index contributed by atoms with van der Waals surface area (Å²) in [4.78, 5) is 0. The normalized spacial score (nSPS) is 18.4. The lowest BCUT2D eigenvalue weighted by molar-refractivity contribution is -0.363. The minimum absolute atomic E-state index is 0.582. The number of halogens is 3. The number of nitrogens with zero attached hydrogens (tertiary/aromatic N) is 2. The van der Waals surface area contributed by atoms with Crippen LogP contribution >= 0.6 is 15.9 Å². The van der Waals surface area contributed by atoms with Crippen molar-refractivity contribution in [3.05, 3.63) is 74.7 Å². The van der Waals surface area contributed by atoms with Crippen LogP contribution in [0, 0.1) is 13.8 Å². The zero-order valence-corrected chi connectivity index (χ0v) is 16.2. The van der Waals surface area contributed by atoms with Crippen LogP contribution in [0.2, 0.25) is 0 Å². The standard InChI is InChI=1S/C19H18BBrF2N2/c1-11-9-13(3)24-18(11)17(15-7-5-6-8-16(15)21)19-12(2)10-14(4)25(19)20(24,22)23/h5-10H,1-4H3. The molecule has 0 saturated heterocycles. The maximum absolute atomic E-state index is 15.5. The molecule has 0 amide bonds. The summed E-state index contributed by atoms with van der Waals surface area (Å²) in [6.07, 6.45) is 1.85. The highest BCUT2D eigenvalue weighted by atomic mass is 79.9. The molecule has 128 valence electrons. The van der Waals surface area contributed by atoms with Gasteiger partial charge in [0.25, 0.3) is 0 Å². The molecule has 2 aliphatic heterocycles. The summed E-state index contributed by atoms with van der Waals surface area (Å²) in [6.45, 7) is 3.40. The molecule has 2 aromatic rings. The molecule has 4 rings (SSSR count). The van der Waals surface area contributed by atoms with Crippen molar-refractivity contribution in [2.75, 3.05) is 0 Å². The van der Waals surface area contributed by atoms with Crippen molar-refractivity contribution in [3.63, 3.8) is 0 Å². The molecule has 6 heteroatoms. The van der Waals surface area contributed by atoms with Gasteiger partial charge in [0.05, 0.1) is 5.57 Å². The molecule has 2 nitrogen and oxygen atoms in total. The van der Waals surface area contributed by atoms with Gasteiger partial charge in [0.2, 0.25) is 0 Å². The number of rotatable bonds is 1. The van der Waals surface area contributed by atoms with E-state index >= 15 is 8.63 Å². The molecule has 1 aromatic heterocycles. The van der Waals surface area contributed by atoms with Crippen LogP contribution in [0.5, 0.6) is 0 Å². The highest BCUT2D eigenvalue weighted by molar-refractivity contribution is 9.10. The molecule has 0 saturated carbocycles. The van der Waals surface area contributed by atoms with Gasteiger partial charge in [0.15, 0.2) is 5.70 Å². The van der Waals surface area contributed by atoms with Crippen molar-refractivity contribution in [1.29, 1.82) is 0 Å². The van der Waals surface area contributed by atoms with Crippen LogP contribution in [0.4, 0.5) is 8.63 Å². The van der Waals surface area contributed by atoms with E-state index in [1.165, 1.54) is 8.96 Å². The Morgan fingerprint density at radius 3 is 2.44 bits per heavy atom. The van der Waals surface area contributed by atoms with Gasteiger partial charge in [-0.1, -0.05) is 34.1 Å². The Labute approximate surface area is 154 Å². The topological polar surface area (TPSA) is 7.94 Å². The molecule has 25 heavy (non-hydrogen) atoms. The monoisotopic (exact) mass is 402 g/mol. The number of hydrogen-bond donors (Lipinski definition) is 0. The number of aromatic nitrogens is 1. The van der Waals surface area contributed by atoms with E-state index in [0.717, 1.165) is 26.7 Å². The number of aryl methyl sites for hydroxylation is 2. The average Bonchev–Trinajstić information content (AvgIpc) is 2.99. The third kappa shape index (κ3) is 2.10. The van der Waals surface area contributed by atoms with E-state index in [0.29, 0.717) is 22.8 Å². The fourth-order valence-corrected chi connectivity index (χ4v) is 4.70. The molecule has 0 N–H and O–H groups in total. The summed E-state index contributed by atoms with van der Waals surface area (Å²) in [5.41, 5.74) is 5.92. The minimum Gasteiger partial charge on any atom is -0.393 e. The van der Waals surface area contributed by atoms with Gasteiger partial charge >= 0.3 is 6.97 Å². The molecule has 1 aromatic carbocycles. The smallest absolute Gasteiger partial charge is 0.393 e. The van der Waals surface area contributed by atoms with Crippen LogP contribution in [-0.4, -0.2) is 21.6 Å². The first-order valence-corrected chi connectivity index (χ1v) is 9.06. The fourth-order valence-electron chi connectivity index (χ4n) is 4.22. The van der Waals surface area contributed by atoms with Gasteiger partial charge in [0.1, 0.15) is 5.71 Å². The molecule has 0 fully saturated rings. The summed E-state index contributed by atoms with van der Waals surface area (Å²) in [7, 11) is 0. The maximum Gasteiger partial charge on any atom is 0.737 e. The lowest BCUT2D eigenvalue weighted by Gasteiger charge is -2.34. The third-order valence-corrected chi connectivity index (χ3v) is 5.77. The van der Waals surface area contributed by atoms with Gasteiger partial charge in [-0.2, -0.15) is 0 Å². The van der Waals surface area contributed by atoms with E-state index in [1.54, 1.807) is 13.8 Å². The van der Waals surface area contributed by atoms with Gasteiger partial charge < -0.3 is 17.6 Å². The first kappa shape index (κ1) is 16.5. The quantitative estimate of drug-likeness (QED) is 0.572. The Morgan fingerprint density at radius 1 is 1.08 bits per heavy atom. The predicted molar refractivity (Wildman–Crippen MR) is 102 cm³/mol. The predicted octanol–water partition coefficient (Wildman–Crippen LogP) is 5.30. The van der Waals surface area contributed by atoms with Crippen molar-refractivity contribution in [2.45, 2.75) is 27.7 Å². The zero-order chi connectivity index (χ0) is 18.1. The highest BCUT2D eigenvalue weighted by Gasteiger charge is 2.55. The summed E-state index contributed by atoms with van der Waals surface area (Å²) in [5, 5.41) is 0. The molecule has 3 heterocycles. The van der Waals surface area contributed by atoms with Crippen molar-refractivity contribution >= 4 is 34.2 Å². The molecule has 0 bridgehead atoms. The summed E-state index contributed by atoms with van der Waals surface area (Å²) in [6, 6.07) is 9.65. The maximum atomic E-state index is 15.5. The van der Waals surface area contributed by atoms with Crippen LogP contribution < -0.4 is 0 Å². The van der Waals surface area contributed by atoms with E-state index in [-0.39, 0.29) is 0 Å². The van der Waals surface area contributed by atoms with Crippen LogP contribution in [0.25, 0.3) is 5.57 Å². The number of hydrogen-bond acceptors (Lipinski definition) is 0. The summed E-state index contributed by atoms with van der Waals surface area (Å²) >= 11 is 3.61. The second kappa shape index (κ2) is 5.27. The van der Waals surface area contributed by atoms with Crippen molar-refractivity contribution in [1.82, 2.24) is 4.48 Å². The molecule has 0 unspecified atom stereocenters. The second-order valence-electron chi connectivity index (χ2n) is 6.82. The highest BCUT2D eigenvalue weighted by Crippen LogP contribution is 2.45. The number of benzene rings is 1. The van der Waals surface area contributed by atoms with Gasteiger partial charge in [-0.3, -0.25) is 0 Å². The molecule has 0 radical (unpaired) electrons. The minimum atomic E-state index is -3.92. The Morgan fingerprint density at radius 2 is 1.76 bits per heavy atom. The SMILES string of the molecule is CC1=CC(C)=[N+]2C1=C(c1ccccc1Br)c1c(C)cc(C)n1[B-]2(F)F. The second-order valence-corrected chi connectivity index (χ2v) is 7.67. The number of fused-ring (bicyclic) bond motifs is 2. The lowest BCUT2D eigenvalue weighted by atomic mass is 9.84. The zero-order valence-electron chi connectivity index (χ0n) is 14.6. The lowest BCUT2D eigenvalue weighted by Crippen LogP contribution is -2.51. The Balaban J connectivity index is 2.22. The summed E-state index contributed by atoms with van der Waals surface area (Å²) < 4.78 is 34.3. The molecule has 0 aliphatic carbocycles. The fraction of sp³-hybridized carbons (Fsp3) is 0.211. The van der Waals surface area contributed by atoms with Crippen molar-refractivity contribution < 1.29 is 13.1 Å². The molecule has 0 spiro atoms. The number of allylic oxidation sites excluding steroid dienone is 2. The van der Waals surface area contributed by atoms with Gasteiger partial charge in [-0.25, -0.2) is 0 Å². The van der Waals surface area contributed by atoms with Crippen LogP contribution in [0.15, 0.2) is 52.2 Å². The molecular weight excluding hydrogens is 385 g/mol. The van der Waals surface area contributed by atoms with Crippen molar-refractivity contribution in [2.24, 2.45) is 0 Å². The Kier molecular flexibility index (Phi) is 3.49. The molecular formula is C19H18BBrF2N2. The first-order valence-electron chi connectivity index (χ1n) is 8.27. The van der Waals surface area contributed by atoms with E-state index in [2.05, 4.69) is 15.9 Å². The van der Waals surface area contributed by atoms with Gasteiger partial charge in [-0.15, -0.1) is 0 Å². The third-order valence-electron chi connectivity index (χ3n) is 5.08. The Hall–Kier alpha value is -1.95. The Bertz CT molecular complexity index is 1030. The first-order chi connectivity index (χ1) is 11.7. The van der Waals surface area contributed by atoms with E-state index in [9.17, 15) is 0 Å². The van der Waals surface area contributed by atoms with Crippen molar-refractivity contribution in [3.8, 4) is 0 Å². The summed E-state index contributed by atoms with van der Waals surface area (Å²) in [5.74, 6) is 0. The largest absolute Gasteiger partial charge is 0.737 e. The van der Waals surface area contributed by atoms with E-state index in [4.69, 9.17) is 0 Å². The van der Waals surface area contributed by atoms with Gasteiger partial charge in [-0.05, 0) is 44.2 Å². The van der Waals surface area contributed by atoms with E-state index in [1.807, 2.05) is 50.3 Å². The van der Waals surface area contributed by atoms with Crippen LogP contribution in [0.1, 0.15) is 36.4 Å². The van der Waals surface area contributed by atoms with Gasteiger partial charge in [0, 0.05) is 34.3 Å². The molecule has 0 atom stereocenters. The molecule has 2 aliphatic rings. The van der Waals surface area contributed by atoms with Crippen LogP contribution in [0.3, 0.4) is 0 Å². The van der Waals surface area contributed by atoms with E-state index < -0.39 is 6.97 Å².